The van der Waals surface area contributed by atoms with E-state index in [0.29, 0.717) is 0 Å². The molecule has 13 heavy (non-hydrogen) atoms. The van der Waals surface area contributed by atoms with Crippen LogP contribution in [0.1, 0.15) is 31.4 Å². The zero-order valence-electron chi connectivity index (χ0n) is 9.57. The van der Waals surface area contributed by atoms with Crippen LogP contribution in [0.4, 0.5) is 5.69 Å². The number of benzene rings is 1. The predicted molar refractivity (Wildman–Crippen MR) is 57.9 cm³/mol. The molecule has 0 amide bonds. The molecule has 0 aliphatic carbocycles. The maximum Gasteiger partial charge on any atom is 0.269 e. The third kappa shape index (κ3) is 7.00. The third-order valence-electron chi connectivity index (χ3n) is 0.889. The zero-order chi connectivity index (χ0) is 11.6. The minimum absolute atomic E-state index is 0. The Hall–Kier alpha value is -1.38. The first-order chi connectivity index (χ1) is 6.72. The average molecular weight is 189 g/mol. The van der Waals surface area contributed by atoms with E-state index in [9.17, 15) is 10.1 Å². The lowest BCUT2D eigenvalue weighted by atomic mass is 10.3. The van der Waals surface area contributed by atoms with Crippen LogP contribution in [0.2, 0.25) is 0 Å². The van der Waals surface area contributed by atoms with Gasteiger partial charge in [-0.3, -0.25) is 10.1 Å². The normalized spacial score (nSPS) is 8.23. The predicted octanol–water partition coefficient (Wildman–Crippen LogP) is 3.89. The van der Waals surface area contributed by atoms with Crippen molar-refractivity contribution in [3.63, 3.8) is 0 Å². The lowest BCUT2D eigenvalue weighted by molar-refractivity contribution is -0.384. The smallest absolute Gasteiger partial charge is 0.258 e. The number of nitro groups is 1. The molecule has 0 radical (unpaired) electrons. The highest BCUT2D eigenvalue weighted by Crippen LogP contribution is 2.06. The van der Waals surface area contributed by atoms with Crippen molar-refractivity contribution in [3.05, 3.63) is 40.4 Å². The van der Waals surface area contributed by atoms with Crippen molar-refractivity contribution in [1.29, 1.82) is 0 Å². The summed E-state index contributed by atoms with van der Waals surface area (Å²) in [5.41, 5.74) is -0.150. The summed E-state index contributed by atoms with van der Waals surface area (Å²) in [6.07, 6.45) is 0. The molecule has 0 spiro atoms. The Morgan fingerprint density at radius 1 is 1.38 bits per heavy atom. The lowest BCUT2D eigenvalue weighted by Gasteiger charge is -1.85. The minimum atomic E-state index is -0.567. The second-order valence-corrected chi connectivity index (χ2v) is 1.50. The van der Waals surface area contributed by atoms with Crippen molar-refractivity contribution < 1.29 is 7.66 Å². The van der Waals surface area contributed by atoms with Crippen LogP contribution >= 0.6 is 0 Å². The lowest BCUT2D eigenvalue weighted by Crippen LogP contribution is -1.84. The molecule has 0 fully saturated rings. The van der Waals surface area contributed by atoms with E-state index >= 15 is 0 Å². The third-order valence-corrected chi connectivity index (χ3v) is 0.889. The highest BCUT2D eigenvalue weighted by Gasteiger charge is 1.98. The maximum absolute atomic E-state index is 10.1. The summed E-state index contributed by atoms with van der Waals surface area (Å²) >= 11 is 0. The second kappa shape index (κ2) is 10.6. The van der Waals surface area contributed by atoms with Gasteiger partial charge in [0.1, 0.15) is 0 Å². The summed E-state index contributed by atoms with van der Waals surface area (Å²) in [5.74, 6) is 0. The van der Waals surface area contributed by atoms with Gasteiger partial charge in [0.2, 0.25) is 0 Å². The Morgan fingerprint density at radius 3 is 2.23 bits per heavy atom. The number of nitrogens with zero attached hydrogens (tertiary/aromatic N) is 1. The minimum Gasteiger partial charge on any atom is -0.258 e. The van der Waals surface area contributed by atoms with Crippen molar-refractivity contribution in [1.82, 2.24) is 0 Å². The van der Waals surface area contributed by atoms with Gasteiger partial charge in [0.05, 0.1) is 6.29 Å². The Kier molecular flexibility index (Phi) is 9.49. The molecule has 1 aromatic rings. The van der Waals surface area contributed by atoms with Crippen LogP contribution in [-0.2, 0) is 0 Å². The molecule has 0 aliphatic heterocycles. The Bertz CT molecular complexity index is 267. The molecule has 0 heterocycles. The van der Waals surface area contributed by atoms with Crippen molar-refractivity contribution in [2.75, 3.05) is 0 Å². The van der Waals surface area contributed by atoms with Crippen LogP contribution in [0, 0.1) is 10.1 Å². The van der Waals surface area contributed by atoms with Gasteiger partial charge in [0.25, 0.3) is 5.69 Å². The van der Waals surface area contributed by atoms with E-state index in [0.717, 1.165) is 0 Å². The summed E-state index contributed by atoms with van der Waals surface area (Å²) in [7, 11) is 1.25. The van der Waals surface area contributed by atoms with E-state index < -0.39 is 4.92 Å². The summed E-state index contributed by atoms with van der Waals surface area (Å²) in [6.45, 7) is 4.00. The van der Waals surface area contributed by atoms with Gasteiger partial charge in [-0.2, -0.15) is 0 Å². The fourth-order valence-corrected chi connectivity index (χ4v) is 0.497. The number of nitro benzene ring substituents is 1. The zero-order valence-corrected chi connectivity index (χ0v) is 7.57. The van der Waals surface area contributed by atoms with Gasteiger partial charge in [-0.15, -0.1) is 0 Å². The monoisotopic (exact) mass is 189 g/mol. The molecule has 76 valence electrons. The van der Waals surface area contributed by atoms with E-state index in [1.165, 1.54) is 25.6 Å². The van der Waals surface area contributed by atoms with Crippen LogP contribution in [0.3, 0.4) is 0 Å². The Balaban J connectivity index is -0.000000258. The quantitative estimate of drug-likeness (QED) is 0.496. The van der Waals surface area contributed by atoms with Crippen molar-refractivity contribution in [2.24, 2.45) is 0 Å². The Morgan fingerprint density at radius 2 is 1.92 bits per heavy atom. The molecule has 1 rings (SSSR count). The van der Waals surface area contributed by atoms with Gasteiger partial charge in [0.15, 0.2) is 0 Å². The van der Waals surface area contributed by atoms with Crippen LogP contribution in [-0.4, -0.2) is 4.92 Å². The van der Waals surface area contributed by atoms with E-state index in [4.69, 9.17) is 2.74 Å². The highest BCUT2D eigenvalue weighted by atomic mass is 16.6. The first-order valence-electron chi connectivity index (χ1n) is 4.92. The molecule has 0 unspecified atom stereocenters. The fourth-order valence-electron chi connectivity index (χ4n) is 0.497. The first kappa shape index (κ1) is 11.6. The molecule has 0 saturated carbocycles. The van der Waals surface area contributed by atoms with Gasteiger partial charge >= 0.3 is 0 Å². The molecular weight excluding hydrogens is 166 g/mol. The Labute approximate surface area is 83.4 Å². The molecular formula is C10H19NO2. The van der Waals surface area contributed by atoms with E-state index in [2.05, 4.69) is 0 Å². The summed E-state index contributed by atoms with van der Waals surface area (Å²) in [4.78, 5) is 9.54. The summed E-state index contributed by atoms with van der Waals surface area (Å²) in [5, 5.41) is 10.1. The van der Waals surface area contributed by atoms with Crippen molar-refractivity contribution >= 4 is 5.69 Å². The van der Waals surface area contributed by atoms with Gasteiger partial charge in [0, 0.05) is 13.5 Å². The molecule has 0 saturated heterocycles. The van der Waals surface area contributed by atoms with E-state index in [1.807, 2.05) is 13.8 Å². The second-order valence-electron chi connectivity index (χ2n) is 1.50. The molecule has 0 N–H and O–H groups in total. The average Bonchev–Trinajstić information content (AvgIpc) is 2.24. The standard InChI is InChI=1S/C6H5NO2.C2H6.2CH4/c8-7(9)6-4-2-1-3-5-6;1-2;;/h1-5H;1-2H3;2*1H4/i4T;;1T;. The van der Waals surface area contributed by atoms with Crippen LogP contribution in [0.15, 0.2) is 30.3 Å². The van der Waals surface area contributed by atoms with E-state index in [-0.39, 0.29) is 19.2 Å². The maximum atomic E-state index is 10.1. The first-order valence-corrected chi connectivity index (χ1v) is 3.42. The number of rotatable bonds is 1. The van der Waals surface area contributed by atoms with Gasteiger partial charge in [-0.1, -0.05) is 46.9 Å². The SMILES string of the molecule is C.CC.[3H]C.[3H]c1ccccc1[N+](=O)[O-]. The number of hydrogen-bond donors (Lipinski definition) is 0. The van der Waals surface area contributed by atoms with E-state index in [1.54, 1.807) is 6.07 Å². The van der Waals surface area contributed by atoms with Crippen molar-refractivity contribution in [3.8, 4) is 0 Å². The largest absolute Gasteiger partial charge is 0.269 e. The van der Waals surface area contributed by atoms with Crippen LogP contribution < -0.4 is 0 Å². The molecule has 3 heteroatoms. The molecule has 0 bridgehead atoms. The molecule has 0 atom stereocenters. The molecule has 0 aromatic heterocycles. The van der Waals surface area contributed by atoms with Gasteiger partial charge in [-0.05, 0) is 0 Å². The molecule has 3 nitrogen and oxygen atoms in total. The van der Waals surface area contributed by atoms with Crippen molar-refractivity contribution in [2.45, 2.75) is 28.7 Å². The molecule has 0 aliphatic rings. The van der Waals surface area contributed by atoms with Gasteiger partial charge in [-0.25, -0.2) is 0 Å². The van der Waals surface area contributed by atoms with Crippen LogP contribution in [0.5, 0.6) is 0 Å². The summed E-state index contributed by atoms with van der Waals surface area (Å²) in [6, 6.07) is 5.78. The molecule has 1 aromatic carbocycles. The topological polar surface area (TPSA) is 43.1 Å². The fraction of sp³-hybridized carbons (Fsp3) is 0.400. The van der Waals surface area contributed by atoms with Gasteiger partial charge < -0.3 is 0 Å². The summed E-state index contributed by atoms with van der Waals surface area (Å²) < 4.78 is 12.8. The number of para-hydroxylation sites is 1. The number of hydrogen-bond acceptors (Lipinski definition) is 2. The van der Waals surface area contributed by atoms with Crippen LogP contribution in [0.25, 0.3) is 0 Å². The highest BCUT2D eigenvalue weighted by molar-refractivity contribution is 5.27.